The van der Waals surface area contributed by atoms with E-state index in [4.69, 9.17) is 0 Å². The minimum Gasteiger partial charge on any atom is -0.508 e. The summed E-state index contributed by atoms with van der Waals surface area (Å²) in [6.07, 6.45) is 3.88. The van der Waals surface area contributed by atoms with Crippen LogP contribution >= 0.6 is 23.1 Å². The Kier molecular flexibility index (Phi) is 4.91. The van der Waals surface area contributed by atoms with Gasteiger partial charge in [-0.15, -0.1) is 11.8 Å². The molecule has 2 heterocycles. The minimum atomic E-state index is -0.231. The van der Waals surface area contributed by atoms with Crippen molar-refractivity contribution < 1.29 is 9.90 Å². The van der Waals surface area contributed by atoms with Crippen molar-refractivity contribution in [3.63, 3.8) is 0 Å². The molecule has 7 heteroatoms. The molecular weight excluding hydrogens is 440 g/mol. The van der Waals surface area contributed by atoms with Crippen LogP contribution in [-0.2, 0) is 11.3 Å². The average Bonchev–Trinajstić information content (AvgIpc) is 3.49. The van der Waals surface area contributed by atoms with Gasteiger partial charge in [-0.05, 0) is 66.8 Å². The van der Waals surface area contributed by atoms with E-state index in [0.29, 0.717) is 22.8 Å². The second-order valence-electron chi connectivity index (χ2n) is 9.10. The molecule has 3 aromatic rings. The maximum Gasteiger partial charge on any atom is 0.308 e. The number of benzene rings is 2. The highest BCUT2D eigenvalue weighted by Gasteiger charge is 2.55. The van der Waals surface area contributed by atoms with Crippen LogP contribution in [0.2, 0.25) is 0 Å². The van der Waals surface area contributed by atoms with Gasteiger partial charge in [0.05, 0.1) is 5.03 Å². The van der Waals surface area contributed by atoms with Crippen molar-refractivity contribution in [2.75, 3.05) is 5.32 Å². The van der Waals surface area contributed by atoms with E-state index in [2.05, 4.69) is 29.6 Å². The van der Waals surface area contributed by atoms with Crippen LogP contribution in [0.4, 0.5) is 5.69 Å². The van der Waals surface area contributed by atoms with Crippen molar-refractivity contribution in [2.24, 2.45) is 17.8 Å². The van der Waals surface area contributed by atoms with E-state index in [1.807, 2.05) is 17.8 Å². The van der Waals surface area contributed by atoms with Gasteiger partial charge in [-0.1, -0.05) is 41.7 Å². The summed E-state index contributed by atoms with van der Waals surface area (Å²) in [5, 5.41) is 13.8. The molecule has 0 radical (unpaired) electrons. The number of hydrogen-bond acceptors (Lipinski definition) is 5. The van der Waals surface area contributed by atoms with Crippen LogP contribution in [0.3, 0.4) is 0 Å². The first-order valence-corrected chi connectivity index (χ1v) is 12.8. The topological polar surface area (TPSA) is 71.3 Å². The molecule has 2 bridgehead atoms. The molecule has 2 saturated carbocycles. The normalized spacial score (nSPS) is 27.7. The molecule has 5 atom stereocenters. The molecular formula is C25H24N2O3S2. The molecule has 2 aromatic carbocycles. The van der Waals surface area contributed by atoms with Crippen LogP contribution in [-0.4, -0.2) is 20.8 Å². The fourth-order valence-electron chi connectivity index (χ4n) is 6.01. The van der Waals surface area contributed by atoms with E-state index in [1.54, 1.807) is 16.7 Å². The highest BCUT2D eigenvalue weighted by atomic mass is 32.2. The monoisotopic (exact) mass is 464 g/mol. The summed E-state index contributed by atoms with van der Waals surface area (Å²) in [7, 11) is 0. The van der Waals surface area contributed by atoms with E-state index in [1.165, 1.54) is 48.3 Å². The molecule has 6 rings (SSSR count). The maximum atomic E-state index is 13.1. The Hall–Kier alpha value is -2.51. The number of nitrogens with one attached hydrogen (secondary N) is 1. The fourth-order valence-corrected chi connectivity index (χ4v) is 9.16. The Morgan fingerprint density at radius 2 is 1.81 bits per heavy atom. The van der Waals surface area contributed by atoms with Gasteiger partial charge < -0.3 is 10.4 Å². The number of thioether (sulfide) groups is 1. The van der Waals surface area contributed by atoms with Crippen molar-refractivity contribution in [1.82, 2.24) is 4.57 Å². The molecule has 2 aliphatic carbocycles. The number of amides is 1. The first kappa shape index (κ1) is 20.1. The molecule has 32 heavy (non-hydrogen) atoms. The second kappa shape index (κ2) is 7.81. The Labute approximate surface area is 194 Å². The van der Waals surface area contributed by atoms with Crippen molar-refractivity contribution in [3.8, 4) is 5.75 Å². The number of hydrogen-bond donors (Lipinski definition) is 2. The van der Waals surface area contributed by atoms with E-state index in [-0.39, 0.29) is 29.0 Å². The van der Waals surface area contributed by atoms with Crippen LogP contribution in [0.1, 0.15) is 35.6 Å². The maximum absolute atomic E-state index is 13.1. The molecule has 0 unspecified atom stereocenters. The van der Waals surface area contributed by atoms with Gasteiger partial charge in [0.2, 0.25) is 5.91 Å². The summed E-state index contributed by atoms with van der Waals surface area (Å²) in [5.41, 5.74) is 1.89. The summed E-state index contributed by atoms with van der Waals surface area (Å²) in [6, 6.07) is 17.0. The van der Waals surface area contributed by atoms with Gasteiger partial charge in [0, 0.05) is 21.7 Å². The lowest BCUT2D eigenvalue weighted by Gasteiger charge is -2.40. The third kappa shape index (κ3) is 3.30. The zero-order valence-corrected chi connectivity index (χ0v) is 19.1. The lowest BCUT2D eigenvalue weighted by molar-refractivity contribution is -0.116. The number of phenols is 1. The van der Waals surface area contributed by atoms with Crippen LogP contribution in [0, 0.1) is 17.8 Å². The van der Waals surface area contributed by atoms with Gasteiger partial charge in [0.15, 0.2) is 0 Å². The number of nitrogens with zero attached hydrogens (tertiary/aromatic N) is 1. The molecule has 2 N–H and O–H groups in total. The molecule has 164 valence electrons. The van der Waals surface area contributed by atoms with Gasteiger partial charge in [0.25, 0.3) is 0 Å². The number of aromatic hydroxyl groups is 1. The second-order valence-corrected chi connectivity index (χ2v) is 11.3. The van der Waals surface area contributed by atoms with Crippen LogP contribution in [0.15, 0.2) is 64.4 Å². The van der Waals surface area contributed by atoms with Gasteiger partial charge in [0.1, 0.15) is 12.3 Å². The number of anilines is 1. The predicted molar refractivity (Wildman–Crippen MR) is 128 cm³/mol. The zero-order chi connectivity index (χ0) is 21.8. The Balaban J connectivity index is 1.35. The average molecular weight is 465 g/mol. The number of carbonyl (C=O) groups excluding carboxylic acids is 1. The fraction of sp³-hybridized carbons (Fsp3) is 0.360. The number of phenolic OH excluding ortho intramolecular Hbond substituents is 1. The van der Waals surface area contributed by atoms with Gasteiger partial charge in [-0.3, -0.25) is 14.2 Å². The third-order valence-corrected chi connectivity index (χ3v) is 10.1. The van der Waals surface area contributed by atoms with Crippen molar-refractivity contribution in [2.45, 2.75) is 42.0 Å². The molecule has 2 fully saturated rings. The van der Waals surface area contributed by atoms with E-state index in [0.717, 1.165) is 15.8 Å². The van der Waals surface area contributed by atoms with E-state index in [9.17, 15) is 14.7 Å². The Morgan fingerprint density at radius 3 is 2.59 bits per heavy atom. The van der Waals surface area contributed by atoms with E-state index >= 15 is 0 Å². The number of rotatable bonds is 4. The highest BCUT2D eigenvalue weighted by Crippen LogP contribution is 2.63. The van der Waals surface area contributed by atoms with Crippen LogP contribution < -0.4 is 10.2 Å². The number of carbonyl (C=O) groups is 1. The van der Waals surface area contributed by atoms with Crippen molar-refractivity contribution in [1.29, 1.82) is 0 Å². The lowest BCUT2D eigenvalue weighted by Crippen LogP contribution is -2.34. The smallest absolute Gasteiger partial charge is 0.308 e. The number of fused-ring (bicyclic) bond motifs is 6. The third-order valence-electron chi connectivity index (χ3n) is 7.30. The summed E-state index contributed by atoms with van der Waals surface area (Å²) in [5.74, 6) is 2.18. The minimum absolute atomic E-state index is 0.00549. The van der Waals surface area contributed by atoms with Gasteiger partial charge in [-0.25, -0.2) is 0 Å². The van der Waals surface area contributed by atoms with Gasteiger partial charge in [-0.2, -0.15) is 0 Å². The number of aromatic nitrogens is 1. The predicted octanol–water partition coefficient (Wildman–Crippen LogP) is 4.91. The summed E-state index contributed by atoms with van der Waals surface area (Å²) in [4.78, 5) is 26.9. The summed E-state index contributed by atoms with van der Waals surface area (Å²) in [6.45, 7) is 0.00549. The Morgan fingerprint density at radius 1 is 1.06 bits per heavy atom. The quantitative estimate of drug-likeness (QED) is 0.539. The highest BCUT2D eigenvalue weighted by molar-refractivity contribution is 8.00. The number of thiazole rings is 1. The lowest BCUT2D eigenvalue weighted by atomic mass is 9.75. The standard InChI is InChI=1S/C25H24N2O3S2/c28-18-10-8-17(9-11-18)26-19(29)13-27-24-23(32-25(27)30)20(14-4-2-1-3-5-14)21-15-6-7-16(12-15)22(21)31-24/h1-5,8-11,15-16,20-22,28H,6-7,12-13H2,(H,26,29)/t15-,16-,20-,21-,22+/m0/s1. The molecule has 5 nitrogen and oxygen atoms in total. The molecule has 3 aliphatic rings. The van der Waals surface area contributed by atoms with E-state index < -0.39 is 0 Å². The molecule has 0 saturated heterocycles. The SMILES string of the molecule is O=C(Cn1c2c(sc1=O)[C@@H](c1ccccc1)[C@@H]1[C@H]3CC[C@@H](C3)[C@H]1S2)Nc1ccc(O)cc1. The largest absolute Gasteiger partial charge is 0.508 e. The van der Waals surface area contributed by atoms with Crippen molar-refractivity contribution >= 4 is 34.7 Å². The van der Waals surface area contributed by atoms with Crippen LogP contribution in [0.25, 0.3) is 0 Å². The molecule has 1 aliphatic heterocycles. The zero-order valence-electron chi connectivity index (χ0n) is 17.4. The van der Waals surface area contributed by atoms with Crippen LogP contribution in [0.5, 0.6) is 5.75 Å². The van der Waals surface area contributed by atoms with Gasteiger partial charge >= 0.3 is 4.87 Å². The summed E-state index contributed by atoms with van der Waals surface area (Å²) < 4.78 is 1.68. The first-order valence-electron chi connectivity index (χ1n) is 11.1. The molecule has 0 spiro atoms. The summed E-state index contributed by atoms with van der Waals surface area (Å²) >= 11 is 3.17. The first-order chi connectivity index (χ1) is 15.6. The van der Waals surface area contributed by atoms with Crippen molar-refractivity contribution in [3.05, 3.63) is 74.7 Å². The molecule has 1 amide bonds. The Bertz CT molecular complexity index is 1220. The molecule has 1 aromatic heterocycles.